The van der Waals surface area contributed by atoms with E-state index in [0.29, 0.717) is 49.5 Å². The van der Waals surface area contributed by atoms with Crippen LogP contribution in [-0.2, 0) is 11.4 Å². The number of hydrogen-bond acceptors (Lipinski definition) is 9. The number of hydrogen-bond donors (Lipinski definition) is 2. The van der Waals surface area contributed by atoms with Gasteiger partial charge >= 0.3 is 6.03 Å². The number of nitrogens with one attached hydrogen (secondary N) is 2. The van der Waals surface area contributed by atoms with Crippen LogP contribution in [0.5, 0.6) is 5.88 Å². The lowest BCUT2D eigenvalue weighted by atomic mass is 10.0. The van der Waals surface area contributed by atoms with E-state index in [4.69, 9.17) is 9.15 Å². The van der Waals surface area contributed by atoms with Gasteiger partial charge in [0.1, 0.15) is 12.4 Å². The molecule has 194 valence electrons. The van der Waals surface area contributed by atoms with Gasteiger partial charge in [0.25, 0.3) is 11.1 Å². The van der Waals surface area contributed by atoms with E-state index in [-0.39, 0.29) is 29.4 Å². The predicted octanol–water partition coefficient (Wildman–Crippen LogP) is 3.57. The van der Waals surface area contributed by atoms with Crippen molar-refractivity contribution >= 4 is 46.7 Å². The molecule has 2 aromatic heterocycles. The minimum atomic E-state index is -0.456. The van der Waals surface area contributed by atoms with Crippen molar-refractivity contribution in [2.45, 2.75) is 6.61 Å². The molecule has 3 saturated heterocycles. The van der Waals surface area contributed by atoms with Crippen LogP contribution >= 0.6 is 11.8 Å². The Hall–Kier alpha value is -4.32. The second-order valence-electron chi connectivity index (χ2n) is 9.28. The Balaban J connectivity index is 1.17. The number of anilines is 2. The number of nitrogens with zero attached hydrogens (tertiary/aromatic N) is 4. The Morgan fingerprint density at radius 3 is 2.58 bits per heavy atom. The van der Waals surface area contributed by atoms with Gasteiger partial charge in [0.15, 0.2) is 0 Å². The molecule has 3 aliphatic rings. The number of carbonyl (C=O) groups excluding carboxylic acids is 3. The molecule has 0 aliphatic carbocycles. The van der Waals surface area contributed by atoms with E-state index in [1.165, 1.54) is 0 Å². The third kappa shape index (κ3) is 5.21. The maximum atomic E-state index is 12.8. The number of thioether (sulfide) groups is 1. The Bertz CT molecular complexity index is 1380. The van der Waals surface area contributed by atoms with Gasteiger partial charge in [-0.3, -0.25) is 14.9 Å². The lowest BCUT2D eigenvalue weighted by molar-refractivity contribution is -0.115. The zero-order chi connectivity index (χ0) is 26.1. The number of rotatable bonds is 6. The Kier molecular flexibility index (Phi) is 6.46. The first-order valence-electron chi connectivity index (χ1n) is 12.2. The van der Waals surface area contributed by atoms with Crippen LogP contribution < -0.4 is 20.3 Å². The van der Waals surface area contributed by atoms with Gasteiger partial charge in [-0.15, -0.1) is 0 Å². The van der Waals surface area contributed by atoms with Crippen LogP contribution in [0.25, 0.3) is 6.08 Å². The number of aromatic nitrogens is 2. The first kappa shape index (κ1) is 24.0. The second-order valence-corrected chi connectivity index (χ2v) is 10.3. The maximum Gasteiger partial charge on any atom is 0.321 e. The molecule has 2 N–H and O–H groups in total. The quantitative estimate of drug-likeness (QED) is 0.458. The van der Waals surface area contributed by atoms with Crippen LogP contribution in [0.1, 0.15) is 11.5 Å². The molecule has 11 nitrogen and oxygen atoms in total. The summed E-state index contributed by atoms with van der Waals surface area (Å²) in [6.45, 7) is 2.84. The number of benzene rings is 1. The lowest BCUT2D eigenvalue weighted by Crippen LogP contribution is -2.36. The molecule has 3 aliphatic heterocycles. The Morgan fingerprint density at radius 1 is 1.11 bits per heavy atom. The highest BCUT2D eigenvalue weighted by atomic mass is 32.2. The zero-order valence-electron chi connectivity index (χ0n) is 20.2. The summed E-state index contributed by atoms with van der Waals surface area (Å²) >= 11 is 0.829. The smallest absolute Gasteiger partial charge is 0.321 e. The van der Waals surface area contributed by atoms with Crippen LogP contribution in [0.2, 0.25) is 0 Å². The second kappa shape index (κ2) is 10.2. The predicted molar refractivity (Wildman–Crippen MR) is 140 cm³/mol. The highest BCUT2D eigenvalue weighted by Gasteiger charge is 2.42. The number of amides is 4. The molecule has 1 aromatic carbocycles. The number of ether oxygens (including phenoxy) is 1. The monoisotopic (exact) mass is 532 g/mol. The van der Waals surface area contributed by atoms with Gasteiger partial charge in [-0.1, -0.05) is 18.2 Å². The van der Waals surface area contributed by atoms with E-state index in [1.807, 2.05) is 35.2 Å². The van der Waals surface area contributed by atoms with Gasteiger partial charge in [0, 0.05) is 49.8 Å². The van der Waals surface area contributed by atoms with E-state index in [9.17, 15) is 14.4 Å². The van der Waals surface area contributed by atoms with Crippen LogP contribution in [-0.4, -0.2) is 58.2 Å². The van der Waals surface area contributed by atoms with Crippen molar-refractivity contribution in [3.63, 3.8) is 0 Å². The molecule has 12 heteroatoms. The summed E-state index contributed by atoms with van der Waals surface area (Å²) in [6.07, 6.45) is 3.13. The van der Waals surface area contributed by atoms with E-state index < -0.39 is 11.1 Å². The van der Waals surface area contributed by atoms with E-state index in [2.05, 4.69) is 25.5 Å². The molecule has 3 aromatic rings. The molecule has 2 atom stereocenters. The SMILES string of the molecule is O=C1NC(=O)/C(=C/c2cc(OCc3ccco3)nc(N3CC4CN(C(=O)Nc5ccccc5)CC4C3)n2)S1. The van der Waals surface area contributed by atoms with Crippen molar-refractivity contribution in [2.24, 2.45) is 11.8 Å². The van der Waals surface area contributed by atoms with Crippen LogP contribution in [0.3, 0.4) is 0 Å². The summed E-state index contributed by atoms with van der Waals surface area (Å²) in [5.41, 5.74) is 1.23. The van der Waals surface area contributed by atoms with E-state index in [0.717, 1.165) is 17.4 Å². The number of furan rings is 1. The molecule has 0 saturated carbocycles. The Morgan fingerprint density at radius 2 is 1.89 bits per heavy atom. The summed E-state index contributed by atoms with van der Waals surface area (Å²) in [6, 6.07) is 14.5. The average molecular weight is 533 g/mol. The first-order valence-corrected chi connectivity index (χ1v) is 13.0. The van der Waals surface area contributed by atoms with Crippen molar-refractivity contribution < 1.29 is 23.5 Å². The van der Waals surface area contributed by atoms with E-state index >= 15 is 0 Å². The summed E-state index contributed by atoms with van der Waals surface area (Å²) in [5, 5.41) is 4.79. The summed E-state index contributed by atoms with van der Waals surface area (Å²) < 4.78 is 11.2. The number of likely N-dealkylation sites (tertiary alicyclic amines) is 1. The molecular weight excluding hydrogens is 508 g/mol. The highest BCUT2D eigenvalue weighted by molar-refractivity contribution is 8.18. The third-order valence-electron chi connectivity index (χ3n) is 6.66. The summed E-state index contributed by atoms with van der Waals surface area (Å²) in [7, 11) is 0. The summed E-state index contributed by atoms with van der Waals surface area (Å²) in [4.78, 5) is 49.9. The van der Waals surface area contributed by atoms with E-state index in [1.54, 1.807) is 30.5 Å². The first-order chi connectivity index (χ1) is 18.5. The van der Waals surface area contributed by atoms with Crippen molar-refractivity contribution in [2.75, 3.05) is 36.4 Å². The number of urea groups is 1. The summed E-state index contributed by atoms with van der Waals surface area (Å²) in [5.74, 6) is 1.55. The molecule has 0 bridgehead atoms. The van der Waals surface area contributed by atoms with Crippen LogP contribution in [0.4, 0.5) is 21.2 Å². The van der Waals surface area contributed by atoms with Gasteiger partial charge < -0.3 is 24.3 Å². The van der Waals surface area contributed by atoms with Crippen molar-refractivity contribution in [3.05, 3.63) is 71.2 Å². The number of para-hydroxylation sites is 1. The lowest BCUT2D eigenvalue weighted by Gasteiger charge is -2.22. The van der Waals surface area contributed by atoms with Gasteiger partial charge in [-0.05, 0) is 42.1 Å². The van der Waals surface area contributed by atoms with Crippen LogP contribution in [0, 0.1) is 11.8 Å². The van der Waals surface area contributed by atoms with Gasteiger partial charge in [0.2, 0.25) is 11.8 Å². The van der Waals surface area contributed by atoms with Gasteiger partial charge in [0.05, 0.1) is 16.9 Å². The molecule has 5 heterocycles. The maximum absolute atomic E-state index is 12.8. The third-order valence-corrected chi connectivity index (χ3v) is 7.47. The fourth-order valence-corrected chi connectivity index (χ4v) is 5.53. The standard InChI is InChI=1S/C26H24N6O5S/c33-23-21(38-26(35)30-23)9-19-10-22(37-15-20-7-4-8-36-20)29-24(27-19)31-11-16-13-32(14-17(16)12-31)25(34)28-18-5-2-1-3-6-18/h1-10,16-17H,11-15H2,(H,28,34)(H,30,33,35)/b21-9-. The highest BCUT2D eigenvalue weighted by Crippen LogP contribution is 2.34. The topological polar surface area (TPSA) is 130 Å². The minimum absolute atomic E-state index is 0.0995. The fraction of sp³-hybridized carbons (Fsp3) is 0.269. The number of imide groups is 1. The number of carbonyl (C=O) groups is 3. The van der Waals surface area contributed by atoms with Gasteiger partial charge in [-0.2, -0.15) is 4.98 Å². The van der Waals surface area contributed by atoms with Crippen molar-refractivity contribution in [1.82, 2.24) is 20.2 Å². The van der Waals surface area contributed by atoms with Gasteiger partial charge in [-0.25, -0.2) is 9.78 Å². The minimum Gasteiger partial charge on any atom is -0.469 e. The zero-order valence-corrected chi connectivity index (χ0v) is 21.0. The molecule has 4 amide bonds. The van der Waals surface area contributed by atoms with Crippen molar-refractivity contribution in [1.29, 1.82) is 0 Å². The molecule has 38 heavy (non-hydrogen) atoms. The Labute approximate surface area is 222 Å². The molecule has 2 unspecified atom stereocenters. The fourth-order valence-electron chi connectivity index (χ4n) is 4.86. The molecule has 0 spiro atoms. The molecule has 3 fully saturated rings. The largest absolute Gasteiger partial charge is 0.469 e. The number of fused-ring (bicyclic) bond motifs is 1. The van der Waals surface area contributed by atoms with Crippen LogP contribution in [0.15, 0.2) is 64.1 Å². The normalized spacial score (nSPS) is 21.6. The molecule has 0 radical (unpaired) electrons. The molecular formula is C26H24N6O5S. The van der Waals surface area contributed by atoms with Crippen molar-refractivity contribution in [3.8, 4) is 5.88 Å². The average Bonchev–Trinajstić information content (AvgIpc) is 3.68. The molecule has 6 rings (SSSR count).